The van der Waals surface area contributed by atoms with Gasteiger partial charge in [0.15, 0.2) is 0 Å². The van der Waals surface area contributed by atoms with Crippen LogP contribution in [0.3, 0.4) is 0 Å². The first-order valence-electron chi connectivity index (χ1n) is 5.90. The van der Waals surface area contributed by atoms with Gasteiger partial charge in [-0.05, 0) is 30.8 Å². The largest absolute Gasteiger partial charge is 0.327 e. The van der Waals surface area contributed by atoms with Crippen LogP contribution in [0.5, 0.6) is 0 Å². The average Bonchev–Trinajstić information content (AvgIpc) is 2.41. The first-order chi connectivity index (χ1) is 9.13. The summed E-state index contributed by atoms with van der Waals surface area (Å²) in [5.74, 6) is 0.372. The normalized spacial score (nSPS) is 10.5. The lowest BCUT2D eigenvalue weighted by atomic mass is 10.2. The van der Waals surface area contributed by atoms with Gasteiger partial charge < -0.3 is 10.2 Å². The Balaban J connectivity index is 2.36. The molecule has 1 N–H and O–H groups in total. The predicted molar refractivity (Wildman–Crippen MR) is 76.5 cm³/mol. The van der Waals surface area contributed by atoms with Gasteiger partial charge in [-0.2, -0.15) is 0 Å². The summed E-state index contributed by atoms with van der Waals surface area (Å²) in [6.45, 7) is 0.638. The number of nitrogens with one attached hydrogen (secondary N) is 1. The van der Waals surface area contributed by atoms with Crippen LogP contribution >= 0.6 is 11.6 Å². The maximum absolute atomic E-state index is 13.7. The van der Waals surface area contributed by atoms with Crippen LogP contribution in [0.1, 0.15) is 5.56 Å². The number of hydrogen-bond acceptors (Lipinski definition) is 3. The Morgan fingerprint density at radius 2 is 2.11 bits per heavy atom. The van der Waals surface area contributed by atoms with Crippen molar-refractivity contribution in [2.75, 3.05) is 19.0 Å². The third-order valence-electron chi connectivity index (χ3n) is 2.84. The number of hydrogen-bond donors (Lipinski definition) is 1. The van der Waals surface area contributed by atoms with Crippen LogP contribution in [0, 0.1) is 5.82 Å². The van der Waals surface area contributed by atoms with E-state index >= 15 is 0 Å². The monoisotopic (exact) mass is 279 g/mol. The Hall–Kier alpha value is -1.65. The summed E-state index contributed by atoms with van der Waals surface area (Å²) in [5, 5.41) is 3.63. The molecular weight excluding hydrogens is 265 g/mol. The van der Waals surface area contributed by atoms with Gasteiger partial charge in [0.25, 0.3) is 0 Å². The van der Waals surface area contributed by atoms with Crippen molar-refractivity contribution < 1.29 is 4.39 Å². The van der Waals surface area contributed by atoms with E-state index in [1.54, 1.807) is 36.3 Å². The fourth-order valence-corrected chi connectivity index (χ4v) is 1.99. The van der Waals surface area contributed by atoms with Crippen molar-refractivity contribution in [3.05, 3.63) is 52.9 Å². The summed E-state index contributed by atoms with van der Waals surface area (Å²) < 4.78 is 13.7. The zero-order valence-corrected chi connectivity index (χ0v) is 11.6. The van der Waals surface area contributed by atoms with Gasteiger partial charge >= 0.3 is 0 Å². The molecule has 1 heterocycles. The van der Waals surface area contributed by atoms with Crippen LogP contribution in [-0.2, 0) is 6.54 Å². The molecule has 0 atom stereocenters. The minimum Gasteiger partial charge on any atom is -0.327 e. The van der Waals surface area contributed by atoms with Crippen molar-refractivity contribution in [2.24, 2.45) is 0 Å². The lowest BCUT2D eigenvalue weighted by Crippen LogP contribution is -2.14. The third kappa shape index (κ3) is 3.03. The predicted octanol–water partition coefficient (Wildman–Crippen LogP) is 3.36. The van der Waals surface area contributed by atoms with Gasteiger partial charge in [0.1, 0.15) is 11.6 Å². The van der Waals surface area contributed by atoms with E-state index in [0.717, 1.165) is 5.56 Å². The van der Waals surface area contributed by atoms with Crippen molar-refractivity contribution in [1.29, 1.82) is 0 Å². The molecule has 1 aromatic heterocycles. The quantitative estimate of drug-likeness (QED) is 0.930. The molecule has 19 heavy (non-hydrogen) atoms. The molecule has 2 aromatic rings. The summed E-state index contributed by atoms with van der Waals surface area (Å²) in [6, 6.07) is 8.44. The third-order valence-corrected chi connectivity index (χ3v) is 3.19. The highest BCUT2D eigenvalue weighted by Crippen LogP contribution is 2.27. The summed E-state index contributed by atoms with van der Waals surface area (Å²) in [5.41, 5.74) is 1.41. The van der Waals surface area contributed by atoms with E-state index in [4.69, 9.17) is 11.6 Å². The summed E-state index contributed by atoms with van der Waals surface area (Å²) >= 11 is 6.06. The first kappa shape index (κ1) is 13.8. The topological polar surface area (TPSA) is 28.2 Å². The highest BCUT2D eigenvalue weighted by atomic mass is 35.5. The number of nitrogens with zero attached hydrogens (tertiary/aromatic N) is 2. The van der Waals surface area contributed by atoms with Crippen LogP contribution in [-0.4, -0.2) is 19.1 Å². The Labute approximate surface area is 117 Å². The molecule has 100 valence electrons. The fourth-order valence-electron chi connectivity index (χ4n) is 1.82. The molecule has 1 aromatic carbocycles. The van der Waals surface area contributed by atoms with Crippen molar-refractivity contribution in [2.45, 2.75) is 6.54 Å². The number of para-hydroxylation sites is 1. The molecule has 0 fully saturated rings. The number of pyridine rings is 1. The van der Waals surface area contributed by atoms with E-state index in [-0.39, 0.29) is 5.82 Å². The lowest BCUT2D eigenvalue weighted by Gasteiger charge is -2.20. The van der Waals surface area contributed by atoms with Gasteiger partial charge in [0.05, 0.1) is 10.7 Å². The number of benzene rings is 1. The zero-order valence-electron chi connectivity index (χ0n) is 10.8. The Morgan fingerprint density at radius 1 is 1.37 bits per heavy atom. The van der Waals surface area contributed by atoms with Crippen molar-refractivity contribution in [3.8, 4) is 0 Å². The number of aromatic nitrogens is 1. The van der Waals surface area contributed by atoms with Crippen LogP contribution in [0.2, 0.25) is 5.02 Å². The van der Waals surface area contributed by atoms with Crippen molar-refractivity contribution in [3.63, 3.8) is 0 Å². The standard InChI is InChI=1S/C14H15ClFN3/c1-17-8-10-7-14(18-9-11(10)15)19(2)13-6-4-3-5-12(13)16/h3-7,9,17H,8H2,1-2H3. The molecule has 0 saturated carbocycles. The Kier molecular flexibility index (Phi) is 4.35. The maximum atomic E-state index is 13.7. The number of anilines is 2. The number of halogens is 2. The molecule has 0 saturated heterocycles. The van der Waals surface area contributed by atoms with E-state index in [0.29, 0.717) is 23.1 Å². The molecule has 3 nitrogen and oxygen atoms in total. The van der Waals surface area contributed by atoms with E-state index in [9.17, 15) is 4.39 Å². The summed E-state index contributed by atoms with van der Waals surface area (Å²) in [7, 11) is 3.62. The lowest BCUT2D eigenvalue weighted by molar-refractivity contribution is 0.627. The SMILES string of the molecule is CNCc1cc(N(C)c2ccccc2F)ncc1Cl. The van der Waals surface area contributed by atoms with Crippen LogP contribution in [0.25, 0.3) is 0 Å². The first-order valence-corrected chi connectivity index (χ1v) is 6.28. The second-order valence-corrected chi connectivity index (χ2v) is 4.58. The second kappa shape index (κ2) is 5.99. The van der Waals surface area contributed by atoms with E-state index in [1.807, 2.05) is 13.1 Å². The molecule has 0 spiro atoms. The summed E-state index contributed by atoms with van der Waals surface area (Å²) in [6.07, 6.45) is 1.58. The van der Waals surface area contributed by atoms with Gasteiger partial charge in [-0.3, -0.25) is 0 Å². The maximum Gasteiger partial charge on any atom is 0.146 e. The molecular formula is C14H15ClFN3. The second-order valence-electron chi connectivity index (χ2n) is 4.17. The molecule has 0 amide bonds. The molecule has 0 radical (unpaired) electrons. The Bertz CT molecular complexity index is 574. The Morgan fingerprint density at radius 3 is 2.79 bits per heavy atom. The van der Waals surface area contributed by atoms with Gasteiger partial charge in [-0.15, -0.1) is 0 Å². The zero-order chi connectivity index (χ0) is 13.8. The minimum atomic E-state index is -0.281. The van der Waals surface area contributed by atoms with Crippen LogP contribution in [0.15, 0.2) is 36.5 Å². The van der Waals surface area contributed by atoms with Gasteiger partial charge in [-0.25, -0.2) is 9.37 Å². The molecule has 0 aliphatic rings. The molecule has 5 heteroatoms. The molecule has 2 rings (SSSR count). The van der Waals surface area contributed by atoms with Gasteiger partial charge in [-0.1, -0.05) is 23.7 Å². The average molecular weight is 280 g/mol. The minimum absolute atomic E-state index is 0.281. The van der Waals surface area contributed by atoms with E-state index < -0.39 is 0 Å². The molecule has 0 unspecified atom stereocenters. The molecule has 0 aliphatic heterocycles. The van der Waals surface area contributed by atoms with E-state index in [1.165, 1.54) is 6.07 Å². The summed E-state index contributed by atoms with van der Waals surface area (Å²) in [4.78, 5) is 5.94. The van der Waals surface area contributed by atoms with E-state index in [2.05, 4.69) is 10.3 Å². The highest BCUT2D eigenvalue weighted by Gasteiger charge is 2.11. The highest BCUT2D eigenvalue weighted by molar-refractivity contribution is 6.31. The van der Waals surface area contributed by atoms with Crippen molar-refractivity contribution >= 4 is 23.1 Å². The molecule has 0 aliphatic carbocycles. The van der Waals surface area contributed by atoms with Crippen LogP contribution in [0.4, 0.5) is 15.9 Å². The van der Waals surface area contributed by atoms with Crippen LogP contribution < -0.4 is 10.2 Å². The van der Waals surface area contributed by atoms with Crippen molar-refractivity contribution in [1.82, 2.24) is 10.3 Å². The smallest absolute Gasteiger partial charge is 0.146 e. The molecule has 0 bridgehead atoms. The van der Waals surface area contributed by atoms with Gasteiger partial charge in [0, 0.05) is 19.8 Å². The number of rotatable bonds is 4. The fraction of sp³-hybridized carbons (Fsp3) is 0.214. The van der Waals surface area contributed by atoms with Gasteiger partial charge in [0.2, 0.25) is 0 Å².